The Morgan fingerprint density at radius 3 is 2.81 bits per heavy atom. The number of allylic oxidation sites excluding steroid dienone is 3. The van der Waals surface area contributed by atoms with Gasteiger partial charge in [-0.2, -0.15) is 18.3 Å². The number of hydrogen-bond acceptors (Lipinski definition) is 6. The van der Waals surface area contributed by atoms with Crippen LogP contribution in [0.1, 0.15) is 6.42 Å². The number of hydrazone groups is 1. The monoisotopic (exact) mass is 302 g/mol. The fourth-order valence-corrected chi connectivity index (χ4v) is 2.07. The Labute approximate surface area is 118 Å². The van der Waals surface area contributed by atoms with E-state index in [0.717, 1.165) is 13.2 Å². The number of esters is 1. The summed E-state index contributed by atoms with van der Waals surface area (Å²) in [6.45, 7) is 0. The van der Waals surface area contributed by atoms with Crippen molar-refractivity contribution >= 4 is 12.3 Å². The lowest BCUT2D eigenvalue weighted by Gasteiger charge is -2.30. The van der Waals surface area contributed by atoms with Gasteiger partial charge in [0.25, 0.3) is 0 Å². The Balaban J connectivity index is 2.46. The Kier molecular flexibility index (Phi) is 3.92. The van der Waals surface area contributed by atoms with Crippen molar-refractivity contribution in [2.24, 2.45) is 16.8 Å². The van der Waals surface area contributed by atoms with Gasteiger partial charge >= 0.3 is 12.1 Å². The second kappa shape index (κ2) is 5.51. The number of ether oxygens (including phenoxy) is 1. The third-order valence-electron chi connectivity index (χ3n) is 3.09. The minimum Gasteiger partial charge on any atom is -0.468 e. The number of carbonyl (C=O) groups excluding carboxylic acids is 1. The summed E-state index contributed by atoms with van der Waals surface area (Å²) in [6, 6.07) is 0. The first kappa shape index (κ1) is 14.9. The van der Waals surface area contributed by atoms with Crippen LogP contribution in [0.2, 0.25) is 0 Å². The van der Waals surface area contributed by atoms with Crippen LogP contribution in [0, 0.1) is 5.92 Å². The molecule has 6 nitrogen and oxygen atoms in total. The van der Waals surface area contributed by atoms with E-state index in [4.69, 9.17) is 5.73 Å². The number of carbonyl (C=O) groups is 1. The molecule has 2 aliphatic rings. The number of hydrogen-bond donors (Lipinski definition) is 2. The molecule has 114 valence electrons. The zero-order valence-corrected chi connectivity index (χ0v) is 11.0. The largest absolute Gasteiger partial charge is 0.468 e. The van der Waals surface area contributed by atoms with Gasteiger partial charge in [-0.3, -0.25) is 10.2 Å². The molecule has 2 rings (SSSR count). The maximum absolute atomic E-state index is 13.1. The molecule has 0 saturated heterocycles. The minimum absolute atomic E-state index is 0.117. The molecule has 1 unspecified atom stereocenters. The number of nitrogens with one attached hydrogen (secondary N) is 1. The predicted molar refractivity (Wildman–Crippen MR) is 68.1 cm³/mol. The summed E-state index contributed by atoms with van der Waals surface area (Å²) in [5, 5.41) is 3.65. The summed E-state index contributed by atoms with van der Waals surface area (Å²) in [6.07, 6.45) is -0.115. The first-order valence-electron chi connectivity index (χ1n) is 5.93. The topological polar surface area (TPSA) is 80.0 Å². The Morgan fingerprint density at radius 1 is 1.57 bits per heavy atom. The summed E-state index contributed by atoms with van der Waals surface area (Å²) in [4.78, 5) is 12.8. The Bertz CT molecular complexity index is 551. The average Bonchev–Trinajstić information content (AvgIpc) is 2.46. The highest BCUT2D eigenvalue weighted by Crippen LogP contribution is 2.38. The van der Waals surface area contributed by atoms with Crippen molar-refractivity contribution in [3.63, 3.8) is 0 Å². The van der Waals surface area contributed by atoms with Crippen molar-refractivity contribution in [3.8, 4) is 0 Å². The van der Waals surface area contributed by atoms with Gasteiger partial charge < -0.3 is 15.4 Å². The lowest BCUT2D eigenvalue weighted by molar-refractivity contribution is -0.144. The van der Waals surface area contributed by atoms with Gasteiger partial charge in [-0.25, -0.2) is 0 Å². The quantitative estimate of drug-likeness (QED) is 0.748. The molecule has 0 bridgehead atoms. The van der Waals surface area contributed by atoms with Gasteiger partial charge in [0, 0.05) is 30.2 Å². The lowest BCUT2D eigenvalue weighted by atomic mass is 9.89. The fourth-order valence-electron chi connectivity index (χ4n) is 2.07. The molecule has 0 aromatic carbocycles. The minimum atomic E-state index is -4.59. The molecule has 1 heterocycles. The van der Waals surface area contributed by atoms with E-state index >= 15 is 0 Å². The summed E-state index contributed by atoms with van der Waals surface area (Å²) in [5.74, 6) is -1.63. The van der Waals surface area contributed by atoms with Crippen LogP contribution in [0.5, 0.6) is 0 Å². The molecule has 0 aromatic heterocycles. The molecule has 1 atom stereocenters. The van der Waals surface area contributed by atoms with Crippen molar-refractivity contribution < 1.29 is 22.7 Å². The van der Waals surface area contributed by atoms with Crippen LogP contribution >= 0.6 is 0 Å². The zero-order valence-electron chi connectivity index (χ0n) is 11.0. The van der Waals surface area contributed by atoms with Gasteiger partial charge in [0.1, 0.15) is 12.3 Å². The van der Waals surface area contributed by atoms with Crippen molar-refractivity contribution in [1.29, 1.82) is 0 Å². The standard InChI is InChI=1S/C12H13F3N4O2/c1-21-11(20)7-4-10(19-3-2-17-18-6-19)8(5-9(7)16)12(13,14)15/h2-3,5-7,17H,4,16H2,1H3. The highest BCUT2D eigenvalue weighted by molar-refractivity contribution is 5.77. The number of nitrogens with two attached hydrogens (primary N) is 1. The molecule has 3 N–H and O–H groups in total. The highest BCUT2D eigenvalue weighted by atomic mass is 19.4. The van der Waals surface area contributed by atoms with Crippen molar-refractivity contribution in [1.82, 2.24) is 10.3 Å². The normalized spacial score (nSPS) is 22.0. The first-order chi connectivity index (χ1) is 9.84. The molecule has 0 saturated carbocycles. The number of rotatable bonds is 2. The number of alkyl halides is 3. The van der Waals surface area contributed by atoms with E-state index in [1.54, 1.807) is 0 Å². The third-order valence-corrected chi connectivity index (χ3v) is 3.09. The fraction of sp³-hybridized carbons (Fsp3) is 0.333. The van der Waals surface area contributed by atoms with Crippen LogP contribution in [-0.2, 0) is 9.53 Å². The van der Waals surface area contributed by atoms with Crippen LogP contribution in [0.3, 0.4) is 0 Å². The molecule has 0 fully saturated rings. The van der Waals surface area contributed by atoms with Crippen molar-refractivity contribution in [2.75, 3.05) is 7.11 Å². The van der Waals surface area contributed by atoms with Crippen LogP contribution in [0.15, 0.2) is 40.5 Å². The molecular weight excluding hydrogens is 289 g/mol. The Morgan fingerprint density at radius 2 is 2.29 bits per heavy atom. The summed E-state index contributed by atoms with van der Waals surface area (Å²) < 4.78 is 44.0. The maximum Gasteiger partial charge on any atom is 0.418 e. The third kappa shape index (κ3) is 3.01. The van der Waals surface area contributed by atoms with Crippen LogP contribution < -0.4 is 11.2 Å². The Hall–Kier alpha value is -2.45. The van der Waals surface area contributed by atoms with E-state index in [-0.39, 0.29) is 17.8 Å². The van der Waals surface area contributed by atoms with Gasteiger partial charge in [-0.1, -0.05) is 0 Å². The SMILES string of the molecule is COC(=O)C1CC(N2C=CNN=C2)=C(C(F)(F)F)C=C1N. The van der Waals surface area contributed by atoms with E-state index in [0.29, 0.717) is 0 Å². The van der Waals surface area contributed by atoms with Gasteiger partial charge in [0.05, 0.1) is 12.7 Å². The van der Waals surface area contributed by atoms with E-state index in [1.807, 2.05) is 0 Å². The van der Waals surface area contributed by atoms with E-state index in [9.17, 15) is 18.0 Å². The number of halogens is 3. The van der Waals surface area contributed by atoms with Crippen LogP contribution in [0.25, 0.3) is 0 Å². The second-order valence-electron chi connectivity index (χ2n) is 4.38. The van der Waals surface area contributed by atoms with E-state index in [2.05, 4.69) is 15.3 Å². The zero-order chi connectivity index (χ0) is 15.6. The molecule has 1 aliphatic carbocycles. The highest BCUT2D eigenvalue weighted by Gasteiger charge is 2.41. The molecule has 21 heavy (non-hydrogen) atoms. The van der Waals surface area contributed by atoms with E-state index < -0.39 is 23.6 Å². The number of methoxy groups -OCH3 is 1. The summed E-state index contributed by atoms with van der Waals surface area (Å²) >= 11 is 0. The average molecular weight is 302 g/mol. The maximum atomic E-state index is 13.1. The van der Waals surface area contributed by atoms with Crippen LogP contribution in [0.4, 0.5) is 13.2 Å². The molecule has 0 radical (unpaired) electrons. The molecule has 0 amide bonds. The van der Waals surface area contributed by atoms with Crippen LogP contribution in [-0.4, -0.2) is 30.5 Å². The first-order valence-corrected chi connectivity index (χ1v) is 5.93. The molecular formula is C12H13F3N4O2. The van der Waals surface area contributed by atoms with Crippen molar-refractivity contribution in [3.05, 3.63) is 35.4 Å². The van der Waals surface area contributed by atoms with Gasteiger partial charge in [0.15, 0.2) is 0 Å². The summed E-state index contributed by atoms with van der Waals surface area (Å²) in [7, 11) is 1.16. The van der Waals surface area contributed by atoms with Gasteiger partial charge in [0.2, 0.25) is 0 Å². The summed E-state index contributed by atoms with van der Waals surface area (Å²) in [5.41, 5.74) is 6.86. The molecule has 0 aromatic rings. The smallest absolute Gasteiger partial charge is 0.418 e. The van der Waals surface area contributed by atoms with Gasteiger partial charge in [-0.15, -0.1) is 0 Å². The second-order valence-corrected chi connectivity index (χ2v) is 4.38. The molecule has 0 spiro atoms. The van der Waals surface area contributed by atoms with E-state index in [1.165, 1.54) is 23.6 Å². The van der Waals surface area contributed by atoms with Gasteiger partial charge in [-0.05, 0) is 6.08 Å². The number of nitrogens with zero attached hydrogens (tertiary/aromatic N) is 2. The molecule has 9 heteroatoms. The predicted octanol–water partition coefficient (Wildman–Crippen LogP) is 1.16. The lowest BCUT2D eigenvalue weighted by Crippen LogP contribution is -2.34. The van der Waals surface area contributed by atoms with Crippen molar-refractivity contribution in [2.45, 2.75) is 12.6 Å². The molecule has 1 aliphatic heterocycles.